The van der Waals surface area contributed by atoms with Crippen LogP contribution in [0.15, 0.2) is 10.5 Å². The van der Waals surface area contributed by atoms with E-state index in [9.17, 15) is 13.5 Å². The van der Waals surface area contributed by atoms with Crippen molar-refractivity contribution in [3.05, 3.63) is 23.2 Å². The molecule has 18 heavy (non-hydrogen) atoms. The van der Waals surface area contributed by atoms with Gasteiger partial charge >= 0.3 is 0 Å². The molecule has 0 aromatic carbocycles. The zero-order chi connectivity index (χ0) is 13.3. The summed E-state index contributed by atoms with van der Waals surface area (Å²) in [7, 11) is -3.15. The van der Waals surface area contributed by atoms with Crippen LogP contribution in [0.25, 0.3) is 0 Å². The maximum absolute atomic E-state index is 11.6. The highest BCUT2D eigenvalue weighted by Gasteiger charge is 2.35. The highest BCUT2D eigenvalue weighted by Crippen LogP contribution is 2.28. The number of sulfonamides is 1. The van der Waals surface area contributed by atoms with Crippen LogP contribution in [0.4, 0.5) is 0 Å². The van der Waals surface area contributed by atoms with Crippen molar-refractivity contribution in [1.29, 1.82) is 0 Å². The summed E-state index contributed by atoms with van der Waals surface area (Å²) < 4.78 is 31.0. The van der Waals surface area contributed by atoms with Crippen LogP contribution in [-0.4, -0.2) is 25.3 Å². The summed E-state index contributed by atoms with van der Waals surface area (Å²) in [5.74, 6) is 1.44. The summed E-state index contributed by atoms with van der Waals surface area (Å²) in [5.41, 5.74) is 0.734. The average molecular weight is 273 g/mol. The van der Waals surface area contributed by atoms with Gasteiger partial charge in [-0.2, -0.15) is 0 Å². The Balaban J connectivity index is 1.85. The van der Waals surface area contributed by atoms with Crippen molar-refractivity contribution < 1.29 is 17.9 Å². The SMILES string of the molecule is Cc1cc(C(O)CCNS(=O)(=O)C2CC2)c(C)o1. The molecule has 0 bridgehead atoms. The lowest BCUT2D eigenvalue weighted by Crippen LogP contribution is -2.29. The quantitative estimate of drug-likeness (QED) is 0.821. The van der Waals surface area contributed by atoms with Crippen LogP contribution in [0, 0.1) is 13.8 Å². The van der Waals surface area contributed by atoms with E-state index >= 15 is 0 Å². The molecule has 1 aromatic rings. The lowest BCUT2D eigenvalue weighted by molar-refractivity contribution is 0.167. The first kappa shape index (κ1) is 13.6. The number of hydrogen-bond acceptors (Lipinski definition) is 4. The van der Waals surface area contributed by atoms with Gasteiger partial charge in [0.2, 0.25) is 10.0 Å². The van der Waals surface area contributed by atoms with Gasteiger partial charge in [0, 0.05) is 12.1 Å². The van der Waals surface area contributed by atoms with E-state index in [0.717, 1.165) is 24.2 Å². The first-order valence-corrected chi connectivity index (χ1v) is 7.68. The Kier molecular flexibility index (Phi) is 3.79. The van der Waals surface area contributed by atoms with Gasteiger partial charge < -0.3 is 9.52 Å². The third-order valence-corrected chi connectivity index (χ3v) is 5.08. The second-order valence-corrected chi connectivity index (χ2v) is 6.86. The van der Waals surface area contributed by atoms with Crippen molar-refractivity contribution in [2.24, 2.45) is 0 Å². The number of hydrogen-bond donors (Lipinski definition) is 2. The predicted molar refractivity (Wildman–Crippen MR) is 67.7 cm³/mol. The molecule has 6 heteroatoms. The standard InChI is InChI=1S/C12H19NO4S/c1-8-7-11(9(2)17-8)12(14)5-6-13-18(15,16)10-3-4-10/h7,10,12-14H,3-6H2,1-2H3. The van der Waals surface area contributed by atoms with Gasteiger partial charge in [-0.25, -0.2) is 13.1 Å². The minimum Gasteiger partial charge on any atom is -0.466 e. The summed E-state index contributed by atoms with van der Waals surface area (Å²) >= 11 is 0. The van der Waals surface area contributed by atoms with Crippen molar-refractivity contribution in [3.8, 4) is 0 Å². The van der Waals surface area contributed by atoms with Crippen LogP contribution in [0.2, 0.25) is 0 Å². The predicted octanol–water partition coefficient (Wildman–Crippen LogP) is 1.40. The normalized spacial score (nSPS) is 17.9. The Labute approximate surface area is 107 Å². The number of rotatable bonds is 6. The molecule has 2 N–H and O–H groups in total. The summed E-state index contributed by atoms with van der Waals surface area (Å²) in [6.45, 7) is 3.86. The number of aliphatic hydroxyl groups is 1. The van der Waals surface area contributed by atoms with Crippen LogP contribution < -0.4 is 4.72 Å². The minimum absolute atomic E-state index is 0.215. The van der Waals surface area contributed by atoms with Gasteiger partial charge in [0.25, 0.3) is 0 Å². The number of furan rings is 1. The molecule has 5 nitrogen and oxygen atoms in total. The molecule has 2 rings (SSSR count). The largest absolute Gasteiger partial charge is 0.466 e. The first-order valence-electron chi connectivity index (χ1n) is 6.13. The van der Waals surface area contributed by atoms with Crippen LogP contribution in [0.3, 0.4) is 0 Å². The van der Waals surface area contributed by atoms with E-state index in [-0.39, 0.29) is 11.8 Å². The molecule has 0 spiro atoms. The van der Waals surface area contributed by atoms with Crippen molar-refractivity contribution in [2.75, 3.05) is 6.54 Å². The van der Waals surface area contributed by atoms with E-state index in [2.05, 4.69) is 4.72 Å². The van der Waals surface area contributed by atoms with Gasteiger partial charge in [0.1, 0.15) is 11.5 Å². The molecule has 0 aliphatic heterocycles. The summed E-state index contributed by atoms with van der Waals surface area (Å²) in [6.07, 6.45) is 1.16. The number of nitrogens with one attached hydrogen (secondary N) is 1. The number of aryl methyl sites for hydroxylation is 2. The molecule has 1 atom stereocenters. The zero-order valence-electron chi connectivity index (χ0n) is 10.6. The second-order valence-electron chi connectivity index (χ2n) is 4.81. The van der Waals surface area contributed by atoms with Crippen LogP contribution in [0.1, 0.15) is 42.5 Å². The molecule has 1 aliphatic carbocycles. The van der Waals surface area contributed by atoms with Gasteiger partial charge in [0.05, 0.1) is 11.4 Å². The molecule has 1 aliphatic rings. The highest BCUT2D eigenvalue weighted by molar-refractivity contribution is 7.90. The Morgan fingerprint density at radius 1 is 1.50 bits per heavy atom. The Bertz CT molecular complexity index is 516. The van der Waals surface area contributed by atoms with E-state index in [1.165, 1.54) is 0 Å². The Hall–Kier alpha value is -0.850. The van der Waals surface area contributed by atoms with Gasteiger partial charge in [-0.15, -0.1) is 0 Å². The van der Waals surface area contributed by atoms with Crippen molar-refractivity contribution in [2.45, 2.75) is 44.5 Å². The summed E-state index contributed by atoms with van der Waals surface area (Å²) in [5, 5.41) is 9.76. The van der Waals surface area contributed by atoms with E-state index in [4.69, 9.17) is 4.42 Å². The molecule has 0 saturated heterocycles. The van der Waals surface area contributed by atoms with Gasteiger partial charge in [-0.3, -0.25) is 0 Å². The van der Waals surface area contributed by atoms with Gasteiger partial charge in [0.15, 0.2) is 0 Å². The van der Waals surface area contributed by atoms with Gasteiger partial charge in [-0.05, 0) is 39.2 Å². The van der Waals surface area contributed by atoms with Gasteiger partial charge in [-0.1, -0.05) is 0 Å². The minimum atomic E-state index is -3.15. The lowest BCUT2D eigenvalue weighted by atomic mass is 10.1. The fraction of sp³-hybridized carbons (Fsp3) is 0.667. The van der Waals surface area contributed by atoms with Crippen molar-refractivity contribution in [3.63, 3.8) is 0 Å². The molecular weight excluding hydrogens is 254 g/mol. The molecular formula is C12H19NO4S. The summed E-state index contributed by atoms with van der Waals surface area (Å²) in [6, 6.07) is 1.79. The van der Waals surface area contributed by atoms with E-state index in [1.54, 1.807) is 13.0 Å². The van der Waals surface area contributed by atoms with Crippen LogP contribution >= 0.6 is 0 Å². The Morgan fingerprint density at radius 3 is 2.67 bits per heavy atom. The molecule has 0 radical (unpaired) electrons. The third kappa shape index (κ3) is 3.13. The zero-order valence-corrected chi connectivity index (χ0v) is 11.5. The number of aliphatic hydroxyl groups excluding tert-OH is 1. The van der Waals surface area contributed by atoms with Crippen LogP contribution in [-0.2, 0) is 10.0 Å². The topological polar surface area (TPSA) is 79.5 Å². The maximum Gasteiger partial charge on any atom is 0.214 e. The monoisotopic (exact) mass is 273 g/mol. The first-order chi connectivity index (χ1) is 8.40. The summed E-state index contributed by atoms with van der Waals surface area (Å²) in [4.78, 5) is 0. The molecule has 1 aromatic heterocycles. The van der Waals surface area contributed by atoms with Crippen molar-refractivity contribution in [1.82, 2.24) is 4.72 Å². The molecule has 1 saturated carbocycles. The third-order valence-electron chi connectivity index (χ3n) is 3.12. The average Bonchev–Trinajstić information content (AvgIpc) is 3.05. The highest BCUT2D eigenvalue weighted by atomic mass is 32.2. The molecule has 1 unspecified atom stereocenters. The van der Waals surface area contributed by atoms with Crippen LogP contribution in [0.5, 0.6) is 0 Å². The van der Waals surface area contributed by atoms with E-state index in [1.807, 2.05) is 6.92 Å². The Morgan fingerprint density at radius 2 is 2.17 bits per heavy atom. The molecule has 0 amide bonds. The van der Waals surface area contributed by atoms with E-state index < -0.39 is 16.1 Å². The fourth-order valence-corrected chi connectivity index (χ4v) is 3.37. The maximum atomic E-state index is 11.6. The lowest BCUT2D eigenvalue weighted by Gasteiger charge is -2.10. The smallest absolute Gasteiger partial charge is 0.214 e. The molecule has 102 valence electrons. The second kappa shape index (κ2) is 5.03. The fourth-order valence-electron chi connectivity index (χ4n) is 1.97. The molecule has 1 heterocycles. The van der Waals surface area contributed by atoms with E-state index in [0.29, 0.717) is 12.2 Å². The van der Waals surface area contributed by atoms with Crippen molar-refractivity contribution >= 4 is 10.0 Å². The molecule has 1 fully saturated rings.